The number of quaternary nitrogens is 1. The molecule has 0 unspecified atom stereocenters. The van der Waals surface area contributed by atoms with Crippen LogP contribution in [0.3, 0.4) is 0 Å². The quantitative estimate of drug-likeness (QED) is 0.0447. The number of benzene rings is 1. The maximum Gasteiger partial charge on any atom is 1.00 e. The molecule has 2 amide bonds. The number of phenolic OH excluding ortho intramolecular Hbond substituents is 2. The van der Waals surface area contributed by atoms with Gasteiger partial charge < -0.3 is 45.2 Å². The van der Waals surface area contributed by atoms with Gasteiger partial charge >= 0.3 is 29.6 Å². The van der Waals surface area contributed by atoms with Gasteiger partial charge in [0.25, 0.3) is 5.91 Å². The number of anilines is 1. The number of carbonyl (C=O) groups excluding carboxylic acids is 4. The first-order valence-corrected chi connectivity index (χ1v) is 19.0. The SMILES string of the molecule is CC(C)(O/N=C(\C(=O)C[C@@H]1C(=O)N2C(c3nnn[n-]3)=C(C[N@+]34CCC[C@H]3CN(C(=O)c3cc(O)c(O)c(F)c3)CC4)CS[C@H]12)c1nc(N)sc1Cl)C(=O)[O-].[Na+]. The summed E-state index contributed by atoms with van der Waals surface area (Å²) >= 11 is 8.64. The van der Waals surface area contributed by atoms with Crippen molar-refractivity contribution in [2.24, 2.45) is 11.1 Å². The number of aromatic hydroxyl groups is 2. The molecule has 4 aliphatic heterocycles. The molecule has 7 rings (SSSR count). The topological polar surface area (TPSA) is 252 Å². The van der Waals surface area contributed by atoms with Crippen molar-refractivity contribution in [2.45, 2.75) is 50.1 Å². The van der Waals surface area contributed by atoms with Crippen molar-refractivity contribution in [2.75, 3.05) is 44.2 Å². The molecule has 3 fully saturated rings. The summed E-state index contributed by atoms with van der Waals surface area (Å²) in [4.78, 5) is 65.1. The molecule has 0 bridgehead atoms. The molecular formula is C32H33ClFN10NaO8S2. The summed E-state index contributed by atoms with van der Waals surface area (Å²) in [6.45, 7) is 5.02. The van der Waals surface area contributed by atoms with Crippen molar-refractivity contribution in [1.82, 2.24) is 35.4 Å². The van der Waals surface area contributed by atoms with E-state index in [0.29, 0.717) is 42.1 Å². The number of oxime groups is 1. The smallest absolute Gasteiger partial charge is 0.546 e. The molecule has 18 nitrogen and oxygen atoms in total. The van der Waals surface area contributed by atoms with Crippen molar-refractivity contribution in [3.63, 3.8) is 0 Å². The van der Waals surface area contributed by atoms with Gasteiger partial charge in [-0.3, -0.25) is 29.6 Å². The number of amides is 2. The number of thiazole rings is 1. The van der Waals surface area contributed by atoms with Gasteiger partial charge in [-0.05, 0) is 26.0 Å². The molecule has 286 valence electrons. The number of carboxylic acids is 1. The zero-order valence-electron chi connectivity index (χ0n) is 29.8. The van der Waals surface area contributed by atoms with Gasteiger partial charge in [-0.1, -0.05) is 28.1 Å². The Bertz CT molecular complexity index is 2100. The van der Waals surface area contributed by atoms with Crippen molar-refractivity contribution >= 4 is 74.8 Å². The van der Waals surface area contributed by atoms with Gasteiger partial charge in [0.2, 0.25) is 5.91 Å². The molecule has 4 N–H and O–H groups in total. The van der Waals surface area contributed by atoms with E-state index in [1.54, 1.807) is 9.80 Å². The van der Waals surface area contributed by atoms with Crippen LogP contribution in [0.15, 0.2) is 22.9 Å². The van der Waals surface area contributed by atoms with Crippen LogP contribution in [0.1, 0.15) is 55.0 Å². The predicted molar refractivity (Wildman–Crippen MR) is 188 cm³/mol. The summed E-state index contributed by atoms with van der Waals surface area (Å²) in [6, 6.07) is 1.98. The number of aromatic nitrogens is 5. The van der Waals surface area contributed by atoms with Crippen LogP contribution >= 0.6 is 34.7 Å². The zero-order valence-corrected chi connectivity index (χ0v) is 34.2. The molecule has 0 saturated carbocycles. The molecule has 6 heterocycles. The molecule has 1 aromatic carbocycles. The fourth-order valence-corrected chi connectivity index (χ4v) is 9.77. The number of tetrazole rings is 1. The number of piperazine rings is 1. The Morgan fingerprint density at radius 3 is 2.69 bits per heavy atom. The molecule has 2 aromatic heterocycles. The summed E-state index contributed by atoms with van der Waals surface area (Å²) in [5, 5.41) is 49.9. The Balaban J connectivity index is 0.00000514. The number of carboxylic acid groups (broad SMARTS) is 1. The van der Waals surface area contributed by atoms with Crippen molar-refractivity contribution in [3.05, 3.63) is 44.9 Å². The predicted octanol–water partition coefficient (Wildman–Crippen LogP) is -2.64. The van der Waals surface area contributed by atoms with Crippen LogP contribution in [0.4, 0.5) is 9.52 Å². The van der Waals surface area contributed by atoms with E-state index in [9.17, 15) is 38.9 Å². The van der Waals surface area contributed by atoms with Crippen LogP contribution in [0.25, 0.3) is 5.70 Å². The number of nitrogens with two attached hydrogens (primary N) is 1. The number of fused-ring (bicyclic) bond motifs is 2. The number of rotatable bonds is 11. The number of thioether (sulfide) groups is 1. The molecule has 55 heavy (non-hydrogen) atoms. The molecule has 0 aliphatic carbocycles. The van der Waals surface area contributed by atoms with Gasteiger partial charge in [0, 0.05) is 36.2 Å². The monoisotopic (exact) mass is 826 g/mol. The minimum atomic E-state index is -1.90. The molecule has 0 spiro atoms. The van der Waals surface area contributed by atoms with Gasteiger partial charge in [0.15, 0.2) is 39.5 Å². The van der Waals surface area contributed by atoms with E-state index >= 15 is 0 Å². The molecule has 3 aromatic rings. The summed E-state index contributed by atoms with van der Waals surface area (Å²) in [5.41, 5.74) is 4.68. The molecule has 3 saturated heterocycles. The fourth-order valence-electron chi connectivity index (χ4n) is 7.44. The van der Waals surface area contributed by atoms with E-state index in [1.807, 2.05) is 0 Å². The van der Waals surface area contributed by atoms with Crippen molar-refractivity contribution in [1.29, 1.82) is 0 Å². The van der Waals surface area contributed by atoms with Gasteiger partial charge in [-0.15, -0.1) is 11.8 Å². The van der Waals surface area contributed by atoms with Crippen LogP contribution in [0.2, 0.25) is 4.34 Å². The largest absolute Gasteiger partial charge is 1.00 e. The second-order valence-corrected chi connectivity index (χ2v) is 16.7. The standard InChI is InChI=1S/C32H34ClFN10O8S2.Na/c1-32(2,30(50)51)52-39-21(22-25(33)54-31(35)36-22)19(45)10-17-28(49)43-23(26-37-40-41-38-26)15(13-53-29(17)43)12-44-6-3-4-16(44)11-42(5-7-44)27(48)14-8-18(34)24(47)20(46)9-14;/h8-9,16-17,29H,3-7,10-13H2,1-2H3,(H5-,35,36,37,38,39,40,41,45,46,47,48,50,51);/q;+1/p-1/t16-,17+,29+,44+;/m0./s1. The number of carbonyl (C=O) groups is 4. The maximum absolute atomic E-state index is 14.2. The van der Waals surface area contributed by atoms with Crippen LogP contribution in [0, 0.1) is 11.7 Å². The number of aliphatic carboxylic acids is 1. The zero-order chi connectivity index (χ0) is 38.7. The first kappa shape index (κ1) is 40.8. The molecule has 4 aliphatic rings. The van der Waals surface area contributed by atoms with Gasteiger partial charge in [0.05, 0.1) is 55.0 Å². The Kier molecular flexibility index (Phi) is 11.6. The van der Waals surface area contributed by atoms with Crippen LogP contribution in [-0.2, 0) is 19.2 Å². The second kappa shape index (κ2) is 15.6. The van der Waals surface area contributed by atoms with Crippen molar-refractivity contribution in [3.8, 4) is 11.5 Å². The Hall–Kier alpha value is -3.86. The fraction of sp³-hybridized carbons (Fsp3) is 0.469. The summed E-state index contributed by atoms with van der Waals surface area (Å²) in [7, 11) is 0. The molecule has 4 atom stereocenters. The molecule has 23 heteroatoms. The van der Waals surface area contributed by atoms with Crippen LogP contribution in [-0.4, -0.2) is 130 Å². The Labute approximate surface area is 347 Å². The summed E-state index contributed by atoms with van der Waals surface area (Å²) in [5.74, 6) is -5.99. The maximum atomic E-state index is 14.2. The van der Waals surface area contributed by atoms with E-state index in [-0.39, 0.29) is 80.2 Å². The number of halogens is 2. The van der Waals surface area contributed by atoms with E-state index in [4.69, 9.17) is 22.2 Å². The number of β-lactam (4-membered cyclic amide) rings is 1. The average Bonchev–Trinajstić information content (AvgIpc) is 3.89. The Morgan fingerprint density at radius 2 is 2.04 bits per heavy atom. The molecular weight excluding hydrogens is 794 g/mol. The number of nitrogen functional groups attached to an aromatic ring is 1. The van der Waals surface area contributed by atoms with E-state index in [2.05, 4.69) is 30.8 Å². The number of hydrogen-bond donors (Lipinski definition) is 3. The van der Waals surface area contributed by atoms with Crippen molar-refractivity contribution < 1.29 is 77.8 Å². The van der Waals surface area contributed by atoms with E-state index < -0.39 is 51.9 Å². The van der Waals surface area contributed by atoms with Crippen LogP contribution in [0.5, 0.6) is 11.5 Å². The third-order valence-corrected chi connectivity index (χ3v) is 12.8. The third-order valence-electron chi connectivity index (χ3n) is 10.3. The van der Waals surface area contributed by atoms with Crippen LogP contribution < -0.4 is 45.5 Å². The second-order valence-electron chi connectivity index (χ2n) is 14.0. The number of phenols is 2. The first-order valence-electron chi connectivity index (χ1n) is 16.8. The van der Waals surface area contributed by atoms with E-state index in [0.717, 1.165) is 48.4 Å². The van der Waals surface area contributed by atoms with Gasteiger partial charge in [0.1, 0.15) is 22.6 Å². The summed E-state index contributed by atoms with van der Waals surface area (Å²) in [6.07, 6.45) is 1.39. The number of ketones is 1. The minimum absolute atomic E-state index is 0. The van der Waals surface area contributed by atoms with Gasteiger partial charge in [-0.2, -0.15) is 5.21 Å². The Morgan fingerprint density at radius 1 is 1.27 bits per heavy atom. The van der Waals surface area contributed by atoms with Gasteiger partial charge in [-0.25, -0.2) is 9.37 Å². The summed E-state index contributed by atoms with van der Waals surface area (Å²) < 4.78 is 14.8. The van der Waals surface area contributed by atoms with E-state index in [1.165, 1.54) is 25.6 Å². The minimum Gasteiger partial charge on any atom is -0.546 e. The number of hydrogen-bond acceptors (Lipinski definition) is 16. The number of Topliss-reactive ketones (excluding diaryl/α,β-unsaturated/α-hetero) is 1. The third kappa shape index (κ3) is 7.54. The first-order chi connectivity index (χ1) is 25.6. The average molecular weight is 827 g/mol. The normalized spacial score (nSPS) is 23.8. The number of nitrogens with zero attached hydrogens (tertiary/aromatic N) is 9. The molecule has 0 radical (unpaired) electrons.